The van der Waals surface area contributed by atoms with Gasteiger partial charge in [-0.1, -0.05) is 0 Å². The van der Waals surface area contributed by atoms with Crippen LogP contribution in [-0.4, -0.2) is 49.4 Å². The van der Waals surface area contributed by atoms with Gasteiger partial charge < -0.3 is 15.4 Å². The summed E-state index contributed by atoms with van der Waals surface area (Å²) < 4.78 is 7.40. The first kappa shape index (κ1) is 16.1. The van der Waals surface area contributed by atoms with Crippen LogP contribution in [0.25, 0.3) is 11.0 Å². The van der Waals surface area contributed by atoms with Gasteiger partial charge in [-0.3, -0.25) is 0 Å². The van der Waals surface area contributed by atoms with E-state index < -0.39 is 5.60 Å². The van der Waals surface area contributed by atoms with Crippen molar-refractivity contribution in [2.75, 3.05) is 18.8 Å². The number of ether oxygens (including phenoxy) is 1. The molecule has 0 bridgehead atoms. The van der Waals surface area contributed by atoms with Crippen LogP contribution in [0.1, 0.15) is 45.3 Å². The second-order valence-electron chi connectivity index (χ2n) is 8.39. The second kappa shape index (κ2) is 5.06. The van der Waals surface area contributed by atoms with Crippen molar-refractivity contribution in [3.05, 3.63) is 12.0 Å². The summed E-state index contributed by atoms with van der Waals surface area (Å²) in [6, 6.07) is 0.297. The Balaban J connectivity index is 1.43. The number of nitrogens with zero attached hydrogens (tertiary/aromatic N) is 5. The number of carbonyl (C=O) groups excluding carboxylic acids is 1. The number of hydrogen-bond acceptors (Lipinski definition) is 6. The molecular formula is C17H24N6O2. The van der Waals surface area contributed by atoms with Crippen molar-refractivity contribution >= 4 is 22.9 Å². The molecule has 2 N–H and O–H groups in total. The summed E-state index contributed by atoms with van der Waals surface area (Å²) in [5.74, 6) is 0.475. The fourth-order valence-electron chi connectivity index (χ4n) is 4.01. The topological polar surface area (TPSA) is 99.2 Å². The molecule has 0 unspecified atom stereocenters. The van der Waals surface area contributed by atoms with Crippen LogP contribution in [-0.2, 0) is 4.74 Å². The zero-order valence-corrected chi connectivity index (χ0v) is 15.1. The predicted octanol–water partition coefficient (Wildman–Crippen LogP) is 2.29. The van der Waals surface area contributed by atoms with Gasteiger partial charge in [0.05, 0.1) is 17.1 Å². The summed E-state index contributed by atoms with van der Waals surface area (Å²) in [5.41, 5.74) is 7.37. The zero-order valence-electron chi connectivity index (χ0n) is 15.1. The Morgan fingerprint density at radius 3 is 2.64 bits per heavy atom. The minimum Gasteiger partial charge on any atom is -0.444 e. The number of carbonyl (C=O) groups is 1. The summed E-state index contributed by atoms with van der Waals surface area (Å²) >= 11 is 0. The lowest BCUT2D eigenvalue weighted by atomic mass is 9.61. The number of nitrogens with two attached hydrogens (primary N) is 1. The van der Waals surface area contributed by atoms with E-state index in [2.05, 4.69) is 15.1 Å². The Hall–Kier alpha value is -2.38. The highest BCUT2D eigenvalue weighted by molar-refractivity contribution is 5.87. The van der Waals surface area contributed by atoms with Gasteiger partial charge in [0.25, 0.3) is 0 Å². The minimum atomic E-state index is -0.451. The van der Waals surface area contributed by atoms with Crippen molar-refractivity contribution in [2.45, 2.75) is 52.2 Å². The summed E-state index contributed by atoms with van der Waals surface area (Å²) in [6.07, 6.45) is 3.25. The first-order valence-electron chi connectivity index (χ1n) is 8.61. The van der Waals surface area contributed by atoms with E-state index in [0.29, 0.717) is 11.9 Å². The molecule has 1 saturated carbocycles. The number of likely N-dealkylation sites (tertiary alicyclic amines) is 1. The number of aryl methyl sites for hydroxylation is 1. The molecule has 1 spiro atoms. The molecule has 2 aromatic heterocycles. The van der Waals surface area contributed by atoms with Crippen molar-refractivity contribution in [3.63, 3.8) is 0 Å². The standard InChI is InChI=1S/C17H24N6O2/c1-10-12-13(18)19-9-20-14(12)23(21-10)11-5-17(6-11)7-22(8-17)15(24)25-16(2,3)4/h9,11H,5-8H2,1-4H3,(H2,18,19,20). The summed E-state index contributed by atoms with van der Waals surface area (Å²) in [6.45, 7) is 9.11. The van der Waals surface area contributed by atoms with Gasteiger partial charge in [-0.15, -0.1) is 0 Å². The van der Waals surface area contributed by atoms with Crippen molar-refractivity contribution in [1.29, 1.82) is 0 Å². The SMILES string of the molecule is Cc1nn(C2CC3(C2)CN(C(=O)OC(C)(C)C)C3)c2ncnc(N)c12. The van der Waals surface area contributed by atoms with Crippen LogP contribution in [0.15, 0.2) is 6.33 Å². The Morgan fingerprint density at radius 1 is 1.32 bits per heavy atom. The normalized spacial score (nSPS) is 19.8. The monoisotopic (exact) mass is 344 g/mol. The number of nitrogen functional groups attached to an aromatic ring is 1. The summed E-state index contributed by atoms with van der Waals surface area (Å²) in [7, 11) is 0. The molecule has 1 aliphatic heterocycles. The lowest BCUT2D eigenvalue weighted by molar-refractivity contribution is -0.0921. The lowest BCUT2D eigenvalue weighted by Gasteiger charge is -2.58. The molecule has 1 saturated heterocycles. The van der Waals surface area contributed by atoms with Gasteiger partial charge in [0.1, 0.15) is 17.7 Å². The van der Waals surface area contributed by atoms with Crippen LogP contribution >= 0.6 is 0 Å². The van der Waals surface area contributed by atoms with Gasteiger partial charge in [-0.05, 0) is 40.5 Å². The van der Waals surface area contributed by atoms with Crippen LogP contribution in [0.3, 0.4) is 0 Å². The molecule has 134 valence electrons. The van der Waals surface area contributed by atoms with Gasteiger partial charge in [-0.2, -0.15) is 5.10 Å². The van der Waals surface area contributed by atoms with E-state index in [0.717, 1.165) is 42.7 Å². The molecule has 1 amide bonds. The molecular weight excluding hydrogens is 320 g/mol. The molecule has 2 fully saturated rings. The molecule has 3 heterocycles. The van der Waals surface area contributed by atoms with Gasteiger partial charge >= 0.3 is 6.09 Å². The van der Waals surface area contributed by atoms with Crippen LogP contribution in [0.2, 0.25) is 0 Å². The smallest absolute Gasteiger partial charge is 0.410 e. The number of fused-ring (bicyclic) bond motifs is 1. The van der Waals surface area contributed by atoms with E-state index in [1.165, 1.54) is 6.33 Å². The van der Waals surface area contributed by atoms with E-state index in [-0.39, 0.29) is 11.5 Å². The predicted molar refractivity (Wildman–Crippen MR) is 93.0 cm³/mol. The second-order valence-corrected chi connectivity index (χ2v) is 8.39. The molecule has 0 atom stereocenters. The highest BCUT2D eigenvalue weighted by atomic mass is 16.6. The molecule has 8 heteroatoms. The third-order valence-electron chi connectivity index (χ3n) is 5.08. The average molecular weight is 344 g/mol. The molecule has 0 radical (unpaired) electrons. The maximum absolute atomic E-state index is 12.1. The van der Waals surface area contributed by atoms with E-state index in [1.807, 2.05) is 32.4 Å². The third-order valence-corrected chi connectivity index (χ3v) is 5.08. The van der Waals surface area contributed by atoms with Gasteiger partial charge in [0.15, 0.2) is 5.65 Å². The number of hydrogen-bond donors (Lipinski definition) is 1. The van der Waals surface area contributed by atoms with Crippen LogP contribution in [0, 0.1) is 12.3 Å². The van der Waals surface area contributed by atoms with E-state index in [1.54, 1.807) is 4.90 Å². The van der Waals surface area contributed by atoms with Crippen molar-refractivity contribution in [2.24, 2.45) is 5.41 Å². The van der Waals surface area contributed by atoms with Crippen LogP contribution in [0.5, 0.6) is 0 Å². The molecule has 25 heavy (non-hydrogen) atoms. The third kappa shape index (κ3) is 2.60. The summed E-state index contributed by atoms with van der Waals surface area (Å²) in [4.78, 5) is 22.3. The number of rotatable bonds is 1. The fraction of sp³-hybridized carbons (Fsp3) is 0.647. The summed E-state index contributed by atoms with van der Waals surface area (Å²) in [5, 5.41) is 5.47. The Bertz CT molecular complexity index is 839. The van der Waals surface area contributed by atoms with E-state index in [4.69, 9.17) is 10.5 Å². The number of aromatic nitrogens is 4. The van der Waals surface area contributed by atoms with E-state index >= 15 is 0 Å². The van der Waals surface area contributed by atoms with Crippen LogP contribution < -0.4 is 5.73 Å². The highest BCUT2D eigenvalue weighted by Crippen LogP contribution is 2.54. The highest BCUT2D eigenvalue weighted by Gasteiger charge is 2.55. The average Bonchev–Trinajstić information content (AvgIpc) is 2.72. The largest absolute Gasteiger partial charge is 0.444 e. The van der Waals surface area contributed by atoms with Crippen molar-refractivity contribution in [3.8, 4) is 0 Å². The van der Waals surface area contributed by atoms with E-state index in [9.17, 15) is 4.79 Å². The molecule has 2 aliphatic rings. The number of anilines is 1. The molecule has 2 aromatic rings. The molecule has 0 aromatic carbocycles. The maximum Gasteiger partial charge on any atom is 0.410 e. The Morgan fingerprint density at radius 2 is 2.00 bits per heavy atom. The number of amides is 1. The Kier molecular flexibility index (Phi) is 3.26. The fourth-order valence-corrected chi connectivity index (χ4v) is 4.01. The van der Waals surface area contributed by atoms with Crippen molar-refractivity contribution in [1.82, 2.24) is 24.6 Å². The van der Waals surface area contributed by atoms with Gasteiger partial charge in [0.2, 0.25) is 0 Å². The maximum atomic E-state index is 12.1. The lowest BCUT2D eigenvalue weighted by Crippen LogP contribution is -2.64. The first-order valence-corrected chi connectivity index (χ1v) is 8.61. The molecule has 1 aliphatic carbocycles. The first-order chi connectivity index (χ1) is 11.7. The zero-order chi connectivity index (χ0) is 18.0. The van der Waals surface area contributed by atoms with Crippen molar-refractivity contribution < 1.29 is 9.53 Å². The Labute approximate surface area is 146 Å². The van der Waals surface area contributed by atoms with Crippen LogP contribution in [0.4, 0.5) is 10.6 Å². The van der Waals surface area contributed by atoms with Gasteiger partial charge in [-0.25, -0.2) is 19.4 Å². The van der Waals surface area contributed by atoms with Gasteiger partial charge in [0, 0.05) is 18.5 Å². The molecule has 4 rings (SSSR count). The quantitative estimate of drug-likeness (QED) is 0.852. The molecule has 8 nitrogen and oxygen atoms in total. The minimum absolute atomic E-state index is 0.201.